The van der Waals surface area contributed by atoms with E-state index in [0.29, 0.717) is 16.3 Å². The maximum Gasteiger partial charge on any atom is 0.269 e. The predicted molar refractivity (Wildman–Crippen MR) is 81.3 cm³/mol. The van der Waals surface area contributed by atoms with Crippen LogP contribution in [0.25, 0.3) is 0 Å². The average Bonchev–Trinajstić information content (AvgIpc) is 2.49. The topological polar surface area (TPSA) is 79.0 Å². The minimum absolute atomic E-state index is 0.0482. The van der Waals surface area contributed by atoms with Crippen LogP contribution in [-0.4, -0.2) is 4.92 Å². The summed E-state index contributed by atoms with van der Waals surface area (Å²) < 4.78 is 0. The Morgan fingerprint density at radius 3 is 2.71 bits per heavy atom. The molecule has 21 heavy (non-hydrogen) atoms. The van der Waals surface area contributed by atoms with Crippen molar-refractivity contribution in [1.82, 2.24) is 0 Å². The first-order valence-electron chi connectivity index (χ1n) is 6.22. The molecule has 0 heterocycles. The van der Waals surface area contributed by atoms with Crippen molar-refractivity contribution in [2.24, 2.45) is 0 Å². The van der Waals surface area contributed by atoms with E-state index in [9.17, 15) is 10.1 Å². The van der Waals surface area contributed by atoms with Crippen LogP contribution in [0.5, 0.6) is 0 Å². The molecular formula is C15H12ClN3O2. The van der Waals surface area contributed by atoms with Gasteiger partial charge in [-0.25, -0.2) is 0 Å². The molecule has 0 fully saturated rings. The highest BCUT2D eigenvalue weighted by Gasteiger charge is 2.12. The molecule has 0 bridgehead atoms. The zero-order chi connectivity index (χ0) is 15.4. The Morgan fingerprint density at radius 2 is 2.10 bits per heavy atom. The van der Waals surface area contributed by atoms with Gasteiger partial charge in [0.25, 0.3) is 5.69 Å². The van der Waals surface area contributed by atoms with Crippen LogP contribution < -0.4 is 5.32 Å². The van der Waals surface area contributed by atoms with Gasteiger partial charge in [-0.3, -0.25) is 10.1 Å². The summed E-state index contributed by atoms with van der Waals surface area (Å²) in [5.41, 5.74) is 1.99. The van der Waals surface area contributed by atoms with Gasteiger partial charge in [0.2, 0.25) is 0 Å². The molecule has 0 saturated carbocycles. The lowest BCUT2D eigenvalue weighted by molar-refractivity contribution is -0.384. The van der Waals surface area contributed by atoms with Crippen molar-refractivity contribution in [2.45, 2.75) is 13.0 Å². The minimum atomic E-state index is -0.426. The highest BCUT2D eigenvalue weighted by Crippen LogP contribution is 2.28. The Kier molecular flexibility index (Phi) is 4.41. The van der Waals surface area contributed by atoms with Crippen molar-refractivity contribution >= 4 is 23.0 Å². The van der Waals surface area contributed by atoms with Crippen LogP contribution in [0.4, 0.5) is 11.4 Å². The van der Waals surface area contributed by atoms with E-state index in [1.807, 2.05) is 19.1 Å². The molecule has 0 aliphatic carbocycles. The third-order valence-corrected chi connectivity index (χ3v) is 3.36. The molecule has 2 rings (SSSR count). The first-order valence-corrected chi connectivity index (χ1v) is 6.59. The van der Waals surface area contributed by atoms with Crippen molar-refractivity contribution in [2.75, 3.05) is 5.32 Å². The largest absolute Gasteiger partial charge is 0.377 e. The van der Waals surface area contributed by atoms with Crippen LogP contribution >= 0.6 is 11.6 Å². The van der Waals surface area contributed by atoms with Crippen molar-refractivity contribution in [3.8, 4) is 6.07 Å². The van der Waals surface area contributed by atoms with E-state index in [1.165, 1.54) is 12.1 Å². The number of nitro benzene ring substituents is 1. The highest BCUT2D eigenvalue weighted by atomic mass is 35.5. The van der Waals surface area contributed by atoms with Gasteiger partial charge < -0.3 is 5.32 Å². The fraction of sp³-hybridized carbons (Fsp3) is 0.133. The molecule has 0 aliphatic rings. The zero-order valence-electron chi connectivity index (χ0n) is 11.2. The van der Waals surface area contributed by atoms with Crippen LogP contribution in [0.2, 0.25) is 5.02 Å². The number of nitrogens with zero attached hydrogens (tertiary/aromatic N) is 2. The minimum Gasteiger partial charge on any atom is -0.377 e. The Balaban J connectivity index is 2.22. The number of anilines is 1. The lowest BCUT2D eigenvalue weighted by Crippen LogP contribution is -2.07. The molecule has 5 nitrogen and oxygen atoms in total. The van der Waals surface area contributed by atoms with Crippen LogP contribution in [0.15, 0.2) is 42.5 Å². The summed E-state index contributed by atoms with van der Waals surface area (Å²) >= 11 is 6.10. The number of hydrogen-bond donors (Lipinski definition) is 1. The summed E-state index contributed by atoms with van der Waals surface area (Å²) in [4.78, 5) is 10.4. The van der Waals surface area contributed by atoms with Gasteiger partial charge in [-0.1, -0.05) is 23.7 Å². The maximum atomic E-state index is 10.8. The Bertz CT molecular complexity index is 725. The molecule has 2 aromatic rings. The van der Waals surface area contributed by atoms with Crippen molar-refractivity contribution in [1.29, 1.82) is 5.26 Å². The number of nitro groups is 1. The molecule has 1 atom stereocenters. The van der Waals surface area contributed by atoms with Gasteiger partial charge in [-0.15, -0.1) is 0 Å². The Morgan fingerprint density at radius 1 is 1.33 bits per heavy atom. The molecular weight excluding hydrogens is 290 g/mol. The number of nitrogens with one attached hydrogen (secondary N) is 1. The van der Waals surface area contributed by atoms with Gasteiger partial charge in [0.1, 0.15) is 0 Å². The van der Waals surface area contributed by atoms with Gasteiger partial charge in [0, 0.05) is 18.2 Å². The van der Waals surface area contributed by atoms with Gasteiger partial charge in [-0.05, 0) is 30.7 Å². The van der Waals surface area contributed by atoms with E-state index in [1.54, 1.807) is 24.3 Å². The van der Waals surface area contributed by atoms with Crippen molar-refractivity contribution < 1.29 is 4.92 Å². The van der Waals surface area contributed by atoms with E-state index in [4.69, 9.17) is 16.9 Å². The van der Waals surface area contributed by atoms with E-state index in [-0.39, 0.29) is 11.7 Å². The predicted octanol–water partition coefficient (Wildman–Crippen LogP) is 4.29. The maximum absolute atomic E-state index is 10.8. The standard InChI is InChI=1S/C15H12ClN3O2/c1-10(12-3-2-4-13(8-12)19(20)21)18-15-6-5-11(9-17)7-14(15)16/h2-8,10,18H,1H3. The fourth-order valence-electron chi connectivity index (χ4n) is 1.93. The van der Waals surface area contributed by atoms with Gasteiger partial charge in [0.15, 0.2) is 0 Å². The van der Waals surface area contributed by atoms with E-state index in [2.05, 4.69) is 5.32 Å². The average molecular weight is 302 g/mol. The number of benzene rings is 2. The molecule has 1 unspecified atom stereocenters. The SMILES string of the molecule is CC(Nc1ccc(C#N)cc1Cl)c1cccc([N+](=O)[O-])c1. The number of nitriles is 1. The summed E-state index contributed by atoms with van der Waals surface area (Å²) in [7, 11) is 0. The molecule has 2 aromatic carbocycles. The number of non-ortho nitro benzene ring substituents is 1. The molecule has 0 spiro atoms. The van der Waals surface area contributed by atoms with Crippen LogP contribution in [0.1, 0.15) is 24.1 Å². The Hall–Kier alpha value is -2.58. The van der Waals surface area contributed by atoms with Gasteiger partial charge in [0.05, 0.1) is 27.3 Å². The van der Waals surface area contributed by atoms with E-state index < -0.39 is 4.92 Å². The number of rotatable bonds is 4. The molecule has 0 saturated heterocycles. The smallest absolute Gasteiger partial charge is 0.269 e. The third kappa shape index (κ3) is 3.50. The number of hydrogen-bond acceptors (Lipinski definition) is 4. The summed E-state index contributed by atoms with van der Waals surface area (Å²) in [6.45, 7) is 1.88. The highest BCUT2D eigenvalue weighted by molar-refractivity contribution is 6.33. The quantitative estimate of drug-likeness (QED) is 0.674. The summed E-state index contributed by atoms with van der Waals surface area (Å²) in [6, 6.07) is 13.2. The summed E-state index contributed by atoms with van der Waals surface area (Å²) in [6.07, 6.45) is 0. The normalized spacial score (nSPS) is 11.5. The lowest BCUT2D eigenvalue weighted by Gasteiger charge is -2.16. The molecule has 1 N–H and O–H groups in total. The molecule has 0 aromatic heterocycles. The van der Waals surface area contributed by atoms with Crippen molar-refractivity contribution in [3.63, 3.8) is 0 Å². The van der Waals surface area contributed by atoms with E-state index >= 15 is 0 Å². The van der Waals surface area contributed by atoms with Crippen LogP contribution in [0, 0.1) is 21.4 Å². The lowest BCUT2D eigenvalue weighted by atomic mass is 10.1. The zero-order valence-corrected chi connectivity index (χ0v) is 12.0. The van der Waals surface area contributed by atoms with Crippen LogP contribution in [-0.2, 0) is 0 Å². The molecule has 0 aliphatic heterocycles. The van der Waals surface area contributed by atoms with Crippen LogP contribution in [0.3, 0.4) is 0 Å². The van der Waals surface area contributed by atoms with Gasteiger partial charge in [-0.2, -0.15) is 5.26 Å². The second-order valence-corrected chi connectivity index (χ2v) is 4.93. The van der Waals surface area contributed by atoms with Gasteiger partial charge >= 0.3 is 0 Å². The third-order valence-electron chi connectivity index (χ3n) is 3.05. The molecule has 106 valence electrons. The summed E-state index contributed by atoms with van der Waals surface area (Å²) in [5, 5.41) is 23.2. The fourth-order valence-corrected chi connectivity index (χ4v) is 2.16. The summed E-state index contributed by atoms with van der Waals surface area (Å²) in [5.74, 6) is 0. The first-order chi connectivity index (χ1) is 10.0. The molecule has 6 heteroatoms. The second kappa shape index (κ2) is 6.25. The second-order valence-electron chi connectivity index (χ2n) is 4.52. The molecule has 0 radical (unpaired) electrons. The van der Waals surface area contributed by atoms with E-state index in [0.717, 1.165) is 5.56 Å². The first kappa shape index (κ1) is 14.8. The Labute approximate surface area is 126 Å². The monoisotopic (exact) mass is 301 g/mol. The number of halogens is 1. The van der Waals surface area contributed by atoms with Crippen molar-refractivity contribution in [3.05, 3.63) is 68.7 Å². The molecule has 0 amide bonds.